The van der Waals surface area contributed by atoms with E-state index in [4.69, 9.17) is 9.47 Å². The van der Waals surface area contributed by atoms with Crippen molar-refractivity contribution in [3.8, 4) is 5.75 Å². The van der Waals surface area contributed by atoms with Crippen molar-refractivity contribution in [2.24, 2.45) is 0 Å². The van der Waals surface area contributed by atoms with E-state index in [1.165, 1.54) is 11.3 Å². The molecule has 1 aromatic carbocycles. The Balaban J connectivity index is 1.41. The van der Waals surface area contributed by atoms with Crippen LogP contribution >= 0.6 is 11.3 Å². The minimum Gasteiger partial charge on any atom is -0.495 e. The van der Waals surface area contributed by atoms with Crippen LogP contribution in [0.25, 0.3) is 0 Å². The van der Waals surface area contributed by atoms with E-state index in [-0.39, 0.29) is 30.9 Å². The number of hydrogen-bond acceptors (Lipinski definition) is 7. The molecule has 0 saturated carbocycles. The summed E-state index contributed by atoms with van der Waals surface area (Å²) in [6.45, 7) is 1.54. The van der Waals surface area contributed by atoms with Crippen LogP contribution < -0.4 is 20.7 Å². The molecule has 8 nitrogen and oxygen atoms in total. The van der Waals surface area contributed by atoms with Crippen molar-refractivity contribution in [1.29, 1.82) is 0 Å². The van der Waals surface area contributed by atoms with Gasteiger partial charge in [0.05, 0.1) is 18.9 Å². The summed E-state index contributed by atoms with van der Waals surface area (Å²) in [4.78, 5) is 28.3. The van der Waals surface area contributed by atoms with Gasteiger partial charge in [-0.1, -0.05) is 12.1 Å². The third-order valence-corrected chi connectivity index (χ3v) is 5.03. The molecule has 1 aromatic heterocycles. The highest BCUT2D eigenvalue weighted by atomic mass is 32.1. The molecule has 0 bridgehead atoms. The number of nitrogens with zero attached hydrogens (tertiary/aromatic N) is 1. The van der Waals surface area contributed by atoms with Gasteiger partial charge in [0.15, 0.2) is 5.13 Å². The number of methoxy groups -OCH3 is 1. The van der Waals surface area contributed by atoms with Gasteiger partial charge in [0.1, 0.15) is 11.4 Å². The lowest BCUT2D eigenvalue weighted by Gasteiger charge is -2.10. The molecule has 0 radical (unpaired) electrons. The second kappa shape index (κ2) is 10.0. The van der Waals surface area contributed by atoms with E-state index in [1.54, 1.807) is 12.5 Å². The van der Waals surface area contributed by atoms with Crippen LogP contribution in [-0.2, 0) is 9.53 Å². The number of para-hydroxylation sites is 2. The van der Waals surface area contributed by atoms with Gasteiger partial charge in [-0.05, 0) is 25.0 Å². The maximum absolute atomic E-state index is 12.2. The fourth-order valence-electron chi connectivity index (χ4n) is 2.80. The topological polar surface area (TPSA) is 102 Å². The van der Waals surface area contributed by atoms with Crippen molar-refractivity contribution in [1.82, 2.24) is 15.6 Å². The molecule has 150 valence electrons. The van der Waals surface area contributed by atoms with Crippen molar-refractivity contribution in [3.05, 3.63) is 35.3 Å². The molecule has 1 aliphatic heterocycles. The van der Waals surface area contributed by atoms with Crippen molar-refractivity contribution in [3.63, 3.8) is 0 Å². The van der Waals surface area contributed by atoms with Crippen molar-refractivity contribution in [2.45, 2.75) is 25.4 Å². The Hall–Kier alpha value is -2.65. The Kier molecular flexibility index (Phi) is 7.21. The lowest BCUT2D eigenvalue weighted by atomic mass is 10.2. The summed E-state index contributed by atoms with van der Waals surface area (Å²) in [5.74, 6) is 0.279. The zero-order valence-electron chi connectivity index (χ0n) is 15.7. The van der Waals surface area contributed by atoms with Crippen molar-refractivity contribution in [2.75, 3.05) is 32.1 Å². The highest BCUT2D eigenvalue weighted by Gasteiger charge is 2.16. The van der Waals surface area contributed by atoms with Crippen LogP contribution in [0.3, 0.4) is 0 Å². The zero-order chi connectivity index (χ0) is 19.8. The molecule has 1 fully saturated rings. The molecule has 1 atom stereocenters. The fourth-order valence-corrected chi connectivity index (χ4v) is 3.50. The predicted molar refractivity (Wildman–Crippen MR) is 107 cm³/mol. The molecule has 2 heterocycles. The maximum Gasteiger partial charge on any atom is 0.270 e. The van der Waals surface area contributed by atoms with E-state index in [1.807, 2.05) is 24.3 Å². The first-order valence-electron chi connectivity index (χ1n) is 9.18. The average molecular weight is 404 g/mol. The minimum absolute atomic E-state index is 0.104. The van der Waals surface area contributed by atoms with Crippen molar-refractivity contribution >= 4 is 34.0 Å². The number of ether oxygens (including phenoxy) is 2. The van der Waals surface area contributed by atoms with E-state index < -0.39 is 0 Å². The Labute approximate surface area is 167 Å². The maximum atomic E-state index is 12.2. The summed E-state index contributed by atoms with van der Waals surface area (Å²) >= 11 is 1.32. The lowest BCUT2D eigenvalue weighted by molar-refractivity contribution is -0.121. The number of carbonyl (C=O) groups excluding carboxylic acids is 2. The SMILES string of the molecule is COc1ccccc1Nc1nc(C(=O)NCCC(=O)NCC2CCCO2)cs1. The Morgan fingerprint density at radius 3 is 2.96 bits per heavy atom. The molecule has 1 aliphatic rings. The summed E-state index contributed by atoms with van der Waals surface area (Å²) < 4.78 is 10.7. The third kappa shape index (κ3) is 5.67. The standard InChI is InChI=1S/C19H24N4O4S/c1-26-16-7-3-2-6-14(16)22-19-23-15(12-28-19)18(25)20-9-8-17(24)21-11-13-5-4-10-27-13/h2-3,6-7,12-13H,4-5,8-11H2,1H3,(H,20,25)(H,21,24)(H,22,23). The van der Waals surface area contributed by atoms with E-state index in [2.05, 4.69) is 20.9 Å². The Morgan fingerprint density at radius 1 is 1.32 bits per heavy atom. The second-order valence-electron chi connectivity index (χ2n) is 6.31. The monoisotopic (exact) mass is 404 g/mol. The highest BCUT2D eigenvalue weighted by molar-refractivity contribution is 7.14. The highest BCUT2D eigenvalue weighted by Crippen LogP contribution is 2.28. The van der Waals surface area contributed by atoms with E-state index in [9.17, 15) is 9.59 Å². The molecule has 2 aromatic rings. The summed E-state index contributed by atoms with van der Waals surface area (Å²) in [5.41, 5.74) is 1.08. The van der Waals surface area contributed by atoms with E-state index in [0.717, 1.165) is 25.1 Å². The molecule has 9 heteroatoms. The summed E-state index contributed by atoms with van der Waals surface area (Å²) in [7, 11) is 1.60. The first-order chi connectivity index (χ1) is 13.7. The molecule has 28 heavy (non-hydrogen) atoms. The van der Waals surface area contributed by atoms with Gasteiger partial charge in [-0.3, -0.25) is 9.59 Å². The summed E-state index contributed by atoms with van der Waals surface area (Å²) in [6, 6.07) is 7.47. The Morgan fingerprint density at radius 2 is 2.18 bits per heavy atom. The number of thiazole rings is 1. The summed E-state index contributed by atoms with van der Waals surface area (Å²) in [6.07, 6.45) is 2.35. The van der Waals surface area contributed by atoms with Gasteiger partial charge in [-0.15, -0.1) is 11.3 Å². The van der Waals surface area contributed by atoms with Gasteiger partial charge in [0.25, 0.3) is 5.91 Å². The fraction of sp³-hybridized carbons (Fsp3) is 0.421. The van der Waals surface area contributed by atoms with Gasteiger partial charge in [0, 0.05) is 31.5 Å². The smallest absolute Gasteiger partial charge is 0.270 e. The van der Waals surface area contributed by atoms with Crippen molar-refractivity contribution < 1.29 is 19.1 Å². The molecule has 3 N–H and O–H groups in total. The average Bonchev–Trinajstić information content (AvgIpc) is 3.39. The van der Waals surface area contributed by atoms with Crippen LogP contribution in [0, 0.1) is 0 Å². The first-order valence-corrected chi connectivity index (χ1v) is 10.1. The van der Waals surface area contributed by atoms with Crippen LogP contribution in [0.5, 0.6) is 5.75 Å². The van der Waals surface area contributed by atoms with Crippen LogP contribution in [0.2, 0.25) is 0 Å². The normalized spacial score (nSPS) is 15.8. The lowest BCUT2D eigenvalue weighted by Crippen LogP contribution is -2.34. The second-order valence-corrected chi connectivity index (χ2v) is 7.17. The van der Waals surface area contributed by atoms with Crippen LogP contribution in [0.4, 0.5) is 10.8 Å². The van der Waals surface area contributed by atoms with Crippen LogP contribution in [-0.4, -0.2) is 49.7 Å². The molecule has 1 unspecified atom stereocenters. The molecule has 3 rings (SSSR count). The van der Waals surface area contributed by atoms with Gasteiger partial charge in [-0.25, -0.2) is 4.98 Å². The van der Waals surface area contributed by atoms with Gasteiger partial charge in [-0.2, -0.15) is 0 Å². The molecule has 1 saturated heterocycles. The molecule has 0 spiro atoms. The molecular weight excluding hydrogens is 380 g/mol. The number of hydrogen-bond donors (Lipinski definition) is 3. The quantitative estimate of drug-likeness (QED) is 0.593. The van der Waals surface area contributed by atoms with Gasteiger partial charge in [0.2, 0.25) is 5.91 Å². The van der Waals surface area contributed by atoms with Gasteiger partial charge < -0.3 is 25.4 Å². The number of anilines is 2. The number of benzene rings is 1. The van der Waals surface area contributed by atoms with Crippen LogP contribution in [0.1, 0.15) is 29.8 Å². The first kappa shape index (κ1) is 20.1. The minimum atomic E-state index is -0.309. The number of aromatic nitrogens is 1. The Bertz CT molecular complexity index is 805. The van der Waals surface area contributed by atoms with Crippen LogP contribution in [0.15, 0.2) is 29.6 Å². The molecular formula is C19H24N4O4S. The number of amides is 2. The zero-order valence-corrected chi connectivity index (χ0v) is 16.5. The number of nitrogens with one attached hydrogen (secondary N) is 3. The number of carbonyl (C=O) groups is 2. The van der Waals surface area contributed by atoms with E-state index in [0.29, 0.717) is 23.1 Å². The van der Waals surface area contributed by atoms with Gasteiger partial charge >= 0.3 is 0 Å². The largest absolute Gasteiger partial charge is 0.495 e. The third-order valence-electron chi connectivity index (χ3n) is 4.27. The molecule has 2 amide bonds. The van der Waals surface area contributed by atoms with E-state index >= 15 is 0 Å². The number of rotatable bonds is 9. The summed E-state index contributed by atoms with van der Waals surface area (Å²) in [5, 5.41) is 10.9. The predicted octanol–water partition coefficient (Wildman–Crippen LogP) is 2.31. The molecule has 0 aliphatic carbocycles.